The van der Waals surface area contributed by atoms with Gasteiger partial charge >= 0.3 is 5.97 Å². The molecule has 1 aromatic rings. The van der Waals surface area contributed by atoms with Gasteiger partial charge in [-0.05, 0) is 31.9 Å². The monoisotopic (exact) mass is 335 g/mol. The predicted octanol–water partition coefficient (Wildman–Crippen LogP) is 1.38. The minimum absolute atomic E-state index is 0.268. The van der Waals surface area contributed by atoms with Gasteiger partial charge in [0.05, 0.1) is 12.2 Å². The number of methoxy groups -OCH3 is 1. The summed E-state index contributed by atoms with van der Waals surface area (Å²) in [5, 5.41) is 2.69. The Labute approximate surface area is 142 Å². The molecule has 2 heterocycles. The van der Waals surface area contributed by atoms with Crippen molar-refractivity contribution in [3.8, 4) is 0 Å². The van der Waals surface area contributed by atoms with E-state index in [0.29, 0.717) is 18.6 Å². The van der Waals surface area contributed by atoms with E-state index < -0.39 is 12.0 Å². The van der Waals surface area contributed by atoms with Crippen LogP contribution in [0.25, 0.3) is 0 Å². The zero-order valence-electron chi connectivity index (χ0n) is 14.3. The van der Waals surface area contributed by atoms with Crippen molar-refractivity contribution in [2.75, 3.05) is 38.3 Å². The summed E-state index contributed by atoms with van der Waals surface area (Å²) in [5.41, 5.74) is 0.421. The minimum Gasteiger partial charge on any atom is -0.464 e. The van der Waals surface area contributed by atoms with E-state index in [-0.39, 0.29) is 12.5 Å². The Morgan fingerprint density at radius 1 is 1.33 bits per heavy atom. The molecule has 0 aliphatic carbocycles. The first kappa shape index (κ1) is 18.2. The molecule has 0 spiro atoms. The number of rotatable bonds is 8. The molecule has 1 N–H and O–H groups in total. The number of nitrogens with one attached hydrogen (secondary N) is 1. The van der Waals surface area contributed by atoms with Crippen molar-refractivity contribution >= 4 is 17.7 Å². The van der Waals surface area contributed by atoms with Crippen molar-refractivity contribution in [3.05, 3.63) is 23.9 Å². The number of esters is 1. The van der Waals surface area contributed by atoms with Gasteiger partial charge in [-0.1, -0.05) is 0 Å². The van der Waals surface area contributed by atoms with Gasteiger partial charge in [-0.15, -0.1) is 0 Å². The second-order valence-electron chi connectivity index (χ2n) is 5.66. The van der Waals surface area contributed by atoms with E-state index in [0.717, 1.165) is 18.9 Å². The number of aromatic nitrogens is 1. The maximum atomic E-state index is 12.3. The largest absolute Gasteiger partial charge is 0.464 e. The Morgan fingerprint density at radius 3 is 2.67 bits per heavy atom. The number of ether oxygens (including phenoxy) is 2. The summed E-state index contributed by atoms with van der Waals surface area (Å²) in [4.78, 5) is 30.8. The molecule has 0 saturated carbocycles. The standard InChI is InChI=1S/C17H25N3O4/c1-3-24-17(22)14(8-11-23-2)19-16(21)13-6-7-15(18-12-13)20-9-4-5-10-20/h6-7,12,14H,3-5,8-11H2,1-2H3,(H,19,21)/t14-/m0/s1. The molecule has 1 fully saturated rings. The number of carbonyl (C=O) groups is 2. The predicted molar refractivity (Wildman–Crippen MR) is 90.1 cm³/mol. The Hall–Kier alpha value is -2.15. The summed E-state index contributed by atoms with van der Waals surface area (Å²) in [5.74, 6) is 0.0829. The van der Waals surface area contributed by atoms with Crippen LogP contribution in [-0.4, -0.2) is 56.3 Å². The van der Waals surface area contributed by atoms with E-state index >= 15 is 0 Å². The molecule has 0 radical (unpaired) electrons. The smallest absolute Gasteiger partial charge is 0.328 e. The highest BCUT2D eigenvalue weighted by Crippen LogP contribution is 2.17. The van der Waals surface area contributed by atoms with Crippen molar-refractivity contribution in [1.29, 1.82) is 0 Å². The lowest BCUT2D eigenvalue weighted by Crippen LogP contribution is -2.42. The molecular weight excluding hydrogens is 310 g/mol. The molecule has 0 bridgehead atoms. The Balaban J connectivity index is 1.98. The van der Waals surface area contributed by atoms with E-state index in [9.17, 15) is 9.59 Å². The molecule has 7 nitrogen and oxygen atoms in total. The summed E-state index contributed by atoms with van der Waals surface area (Å²) in [6, 6.07) is 2.85. The molecule has 132 valence electrons. The van der Waals surface area contributed by atoms with Crippen LogP contribution >= 0.6 is 0 Å². The lowest BCUT2D eigenvalue weighted by atomic mass is 10.2. The zero-order chi connectivity index (χ0) is 17.4. The number of hydrogen-bond acceptors (Lipinski definition) is 6. The molecule has 1 aliphatic rings. The number of pyridine rings is 1. The van der Waals surface area contributed by atoms with E-state index in [2.05, 4.69) is 15.2 Å². The lowest BCUT2D eigenvalue weighted by Gasteiger charge is -2.18. The Kier molecular flexibility index (Phi) is 6.99. The van der Waals surface area contributed by atoms with Gasteiger partial charge in [-0.2, -0.15) is 0 Å². The van der Waals surface area contributed by atoms with Crippen molar-refractivity contribution < 1.29 is 19.1 Å². The summed E-state index contributed by atoms with van der Waals surface area (Å²) >= 11 is 0. The highest BCUT2D eigenvalue weighted by molar-refractivity contribution is 5.96. The van der Waals surface area contributed by atoms with Crippen LogP contribution in [0.1, 0.15) is 36.5 Å². The van der Waals surface area contributed by atoms with Crippen LogP contribution < -0.4 is 10.2 Å². The first-order valence-corrected chi connectivity index (χ1v) is 8.33. The molecule has 0 unspecified atom stereocenters. The molecule has 7 heteroatoms. The van der Waals surface area contributed by atoms with Crippen molar-refractivity contribution in [1.82, 2.24) is 10.3 Å². The van der Waals surface area contributed by atoms with Crippen LogP contribution in [0.3, 0.4) is 0 Å². The molecule has 1 aliphatic heterocycles. The molecule has 24 heavy (non-hydrogen) atoms. The second kappa shape index (κ2) is 9.22. The summed E-state index contributed by atoms with van der Waals surface area (Å²) in [6.45, 7) is 4.36. The minimum atomic E-state index is -0.726. The van der Waals surface area contributed by atoms with Crippen LogP contribution in [0.2, 0.25) is 0 Å². The molecule has 1 atom stereocenters. The fraction of sp³-hybridized carbons (Fsp3) is 0.588. The quantitative estimate of drug-likeness (QED) is 0.723. The van der Waals surface area contributed by atoms with Gasteiger partial charge in [0.25, 0.3) is 5.91 Å². The van der Waals surface area contributed by atoms with E-state index in [1.165, 1.54) is 12.8 Å². The average molecular weight is 335 g/mol. The van der Waals surface area contributed by atoms with Gasteiger partial charge in [0.15, 0.2) is 0 Å². The van der Waals surface area contributed by atoms with E-state index in [1.54, 1.807) is 26.3 Å². The van der Waals surface area contributed by atoms with E-state index in [1.807, 2.05) is 6.07 Å². The summed E-state index contributed by atoms with van der Waals surface area (Å²) < 4.78 is 9.98. The topological polar surface area (TPSA) is 80.8 Å². The van der Waals surface area contributed by atoms with E-state index in [4.69, 9.17) is 9.47 Å². The lowest BCUT2D eigenvalue weighted by molar-refractivity contribution is -0.145. The van der Waals surface area contributed by atoms with Gasteiger partial charge in [0.2, 0.25) is 0 Å². The number of carbonyl (C=O) groups excluding carboxylic acids is 2. The SMILES string of the molecule is CCOC(=O)[C@H](CCOC)NC(=O)c1ccc(N2CCCC2)nc1. The van der Waals surface area contributed by atoms with Crippen molar-refractivity contribution in [2.45, 2.75) is 32.2 Å². The third-order valence-electron chi connectivity index (χ3n) is 3.93. The van der Waals surface area contributed by atoms with Crippen LogP contribution in [0, 0.1) is 0 Å². The van der Waals surface area contributed by atoms with Crippen molar-refractivity contribution in [2.24, 2.45) is 0 Å². The Morgan fingerprint density at radius 2 is 2.08 bits per heavy atom. The Bertz CT molecular complexity index is 541. The number of hydrogen-bond donors (Lipinski definition) is 1. The van der Waals surface area contributed by atoms with Gasteiger partial charge in [-0.3, -0.25) is 4.79 Å². The molecule has 0 aromatic carbocycles. The number of anilines is 1. The first-order chi connectivity index (χ1) is 11.7. The third kappa shape index (κ3) is 4.92. The molecule has 1 amide bonds. The summed E-state index contributed by atoms with van der Waals surface area (Å²) in [7, 11) is 1.55. The molecular formula is C17H25N3O4. The van der Waals surface area contributed by atoms with Crippen LogP contribution in [0.5, 0.6) is 0 Å². The maximum Gasteiger partial charge on any atom is 0.328 e. The maximum absolute atomic E-state index is 12.3. The molecule has 1 aromatic heterocycles. The number of nitrogens with zero attached hydrogens (tertiary/aromatic N) is 2. The van der Waals surface area contributed by atoms with Gasteiger partial charge < -0.3 is 19.7 Å². The highest BCUT2D eigenvalue weighted by Gasteiger charge is 2.23. The van der Waals surface area contributed by atoms with Crippen LogP contribution in [0.15, 0.2) is 18.3 Å². The third-order valence-corrected chi connectivity index (χ3v) is 3.93. The fourth-order valence-corrected chi connectivity index (χ4v) is 2.62. The number of amides is 1. The average Bonchev–Trinajstić information content (AvgIpc) is 3.13. The van der Waals surface area contributed by atoms with Crippen LogP contribution in [0.4, 0.5) is 5.82 Å². The fourth-order valence-electron chi connectivity index (χ4n) is 2.62. The van der Waals surface area contributed by atoms with Gasteiger partial charge in [-0.25, -0.2) is 9.78 Å². The molecule has 1 saturated heterocycles. The second-order valence-corrected chi connectivity index (χ2v) is 5.66. The van der Waals surface area contributed by atoms with Gasteiger partial charge in [0.1, 0.15) is 11.9 Å². The highest BCUT2D eigenvalue weighted by atomic mass is 16.5. The normalized spacial score (nSPS) is 15.2. The molecule has 2 rings (SSSR count). The van der Waals surface area contributed by atoms with Crippen LogP contribution in [-0.2, 0) is 14.3 Å². The van der Waals surface area contributed by atoms with Gasteiger partial charge in [0, 0.05) is 39.4 Å². The van der Waals surface area contributed by atoms with Crippen molar-refractivity contribution in [3.63, 3.8) is 0 Å². The summed E-state index contributed by atoms with van der Waals surface area (Å²) in [6.07, 6.45) is 4.25. The zero-order valence-corrected chi connectivity index (χ0v) is 14.3. The first-order valence-electron chi connectivity index (χ1n) is 8.33.